The minimum absolute atomic E-state index is 0.00453. The maximum Gasteiger partial charge on any atom is 0.219 e. The predicted molar refractivity (Wildman–Crippen MR) is 76.0 cm³/mol. The first-order chi connectivity index (χ1) is 9.63. The molecule has 20 heavy (non-hydrogen) atoms. The Morgan fingerprint density at radius 3 is 2.25 bits per heavy atom. The third kappa shape index (κ3) is 2.61. The van der Waals surface area contributed by atoms with E-state index in [0.717, 1.165) is 19.6 Å². The smallest absolute Gasteiger partial charge is 0.219 e. The van der Waals surface area contributed by atoms with Crippen LogP contribution in [0.2, 0.25) is 0 Å². The quantitative estimate of drug-likeness (QED) is 0.811. The maximum absolute atomic E-state index is 12.2. The molecule has 0 radical (unpaired) electrons. The fraction of sp³-hybridized carbons (Fsp3) is 0.500. The van der Waals surface area contributed by atoms with Crippen LogP contribution in [-0.4, -0.2) is 47.7 Å². The van der Waals surface area contributed by atoms with Crippen molar-refractivity contribution < 1.29 is 9.59 Å². The van der Waals surface area contributed by atoms with Gasteiger partial charge in [-0.25, -0.2) is 0 Å². The van der Waals surface area contributed by atoms with E-state index in [2.05, 4.69) is 17.0 Å². The standard InChI is InChI=1S/C16H20N2O2/c1-12(19)18-10-14-8-17(9-15(11-18)16(14)20)7-13-5-3-2-4-6-13/h2-6,14-15H,7-11H2,1H3. The van der Waals surface area contributed by atoms with Crippen molar-refractivity contribution in [1.29, 1.82) is 0 Å². The van der Waals surface area contributed by atoms with Crippen LogP contribution in [0.4, 0.5) is 0 Å². The van der Waals surface area contributed by atoms with Crippen LogP contribution >= 0.6 is 0 Å². The van der Waals surface area contributed by atoms with Crippen molar-refractivity contribution in [3.63, 3.8) is 0 Å². The first-order valence-corrected chi connectivity index (χ1v) is 7.19. The summed E-state index contributed by atoms with van der Waals surface area (Å²) in [4.78, 5) is 27.9. The van der Waals surface area contributed by atoms with Gasteiger partial charge in [0.15, 0.2) is 0 Å². The number of ketones is 1. The number of amides is 1. The average Bonchev–Trinajstić information content (AvgIpc) is 2.40. The highest BCUT2D eigenvalue weighted by Crippen LogP contribution is 2.26. The number of rotatable bonds is 2. The summed E-state index contributed by atoms with van der Waals surface area (Å²) < 4.78 is 0. The number of benzene rings is 1. The van der Waals surface area contributed by atoms with Gasteiger partial charge in [-0.2, -0.15) is 0 Å². The van der Waals surface area contributed by atoms with Gasteiger partial charge in [0.1, 0.15) is 5.78 Å². The van der Waals surface area contributed by atoms with E-state index in [9.17, 15) is 9.59 Å². The lowest BCUT2D eigenvalue weighted by Crippen LogP contribution is -2.58. The molecule has 2 heterocycles. The minimum atomic E-state index is -0.00453. The molecule has 106 valence electrons. The molecule has 2 saturated heterocycles. The molecule has 0 spiro atoms. The van der Waals surface area contributed by atoms with Crippen molar-refractivity contribution in [3.8, 4) is 0 Å². The van der Waals surface area contributed by atoms with E-state index in [4.69, 9.17) is 0 Å². The zero-order chi connectivity index (χ0) is 14.1. The summed E-state index contributed by atoms with van der Waals surface area (Å²) in [6, 6.07) is 10.3. The number of nitrogens with zero attached hydrogens (tertiary/aromatic N) is 2. The monoisotopic (exact) mass is 272 g/mol. The third-order valence-corrected chi connectivity index (χ3v) is 4.34. The van der Waals surface area contributed by atoms with Crippen LogP contribution in [0.3, 0.4) is 0 Å². The van der Waals surface area contributed by atoms with Crippen molar-refractivity contribution in [3.05, 3.63) is 35.9 Å². The summed E-state index contributed by atoms with van der Waals surface area (Å²) in [5, 5.41) is 0. The molecule has 0 saturated carbocycles. The lowest BCUT2D eigenvalue weighted by Gasteiger charge is -2.44. The van der Waals surface area contributed by atoms with Crippen LogP contribution in [0.25, 0.3) is 0 Å². The molecule has 1 aromatic rings. The topological polar surface area (TPSA) is 40.6 Å². The summed E-state index contributed by atoms with van der Waals surface area (Å²) in [6.07, 6.45) is 0. The maximum atomic E-state index is 12.2. The number of carbonyl (C=O) groups is 2. The lowest BCUT2D eigenvalue weighted by molar-refractivity contribution is -0.144. The molecule has 1 amide bonds. The molecule has 4 nitrogen and oxygen atoms in total. The van der Waals surface area contributed by atoms with Crippen LogP contribution < -0.4 is 0 Å². The number of Topliss-reactive ketones (excluding diaryl/α,β-unsaturated/α-hetero) is 1. The molecular weight excluding hydrogens is 252 g/mol. The highest BCUT2D eigenvalue weighted by Gasteiger charge is 2.41. The SMILES string of the molecule is CC(=O)N1CC2CN(Cc3ccccc3)CC(C1)C2=O. The van der Waals surface area contributed by atoms with Gasteiger partial charge in [-0.05, 0) is 5.56 Å². The van der Waals surface area contributed by atoms with E-state index >= 15 is 0 Å². The van der Waals surface area contributed by atoms with Crippen LogP contribution in [0.1, 0.15) is 12.5 Å². The van der Waals surface area contributed by atoms with Gasteiger partial charge in [0.2, 0.25) is 5.91 Å². The Bertz CT molecular complexity index is 496. The van der Waals surface area contributed by atoms with E-state index in [1.807, 2.05) is 23.1 Å². The molecule has 2 bridgehead atoms. The van der Waals surface area contributed by atoms with Crippen molar-refractivity contribution in [2.45, 2.75) is 13.5 Å². The third-order valence-electron chi connectivity index (χ3n) is 4.34. The largest absolute Gasteiger partial charge is 0.341 e. The summed E-state index contributed by atoms with van der Waals surface area (Å²) in [7, 11) is 0. The Labute approximate surface area is 119 Å². The molecule has 2 aliphatic rings. The second kappa shape index (κ2) is 5.37. The number of carbonyl (C=O) groups excluding carboxylic acids is 2. The Kier molecular flexibility index (Phi) is 3.57. The highest BCUT2D eigenvalue weighted by atomic mass is 16.2. The molecule has 2 aliphatic heterocycles. The van der Waals surface area contributed by atoms with Crippen LogP contribution in [0.5, 0.6) is 0 Å². The van der Waals surface area contributed by atoms with Gasteiger partial charge in [0.05, 0.1) is 0 Å². The predicted octanol–water partition coefficient (Wildman–Crippen LogP) is 1.17. The second-order valence-corrected chi connectivity index (χ2v) is 5.90. The number of hydrogen-bond acceptors (Lipinski definition) is 3. The fourth-order valence-corrected chi connectivity index (χ4v) is 3.34. The van der Waals surface area contributed by atoms with Crippen LogP contribution in [0, 0.1) is 11.8 Å². The number of likely N-dealkylation sites (tertiary alicyclic amines) is 2. The molecule has 3 rings (SSSR count). The van der Waals surface area contributed by atoms with Gasteiger partial charge in [-0.1, -0.05) is 30.3 Å². The summed E-state index contributed by atoms with van der Waals surface area (Å²) in [5.74, 6) is 0.432. The van der Waals surface area contributed by atoms with Gasteiger partial charge < -0.3 is 4.90 Å². The highest BCUT2D eigenvalue weighted by molar-refractivity contribution is 5.87. The van der Waals surface area contributed by atoms with Gasteiger partial charge in [-0.15, -0.1) is 0 Å². The lowest BCUT2D eigenvalue weighted by atomic mass is 9.83. The Morgan fingerprint density at radius 2 is 1.70 bits per heavy atom. The molecule has 2 atom stereocenters. The molecule has 2 unspecified atom stereocenters. The molecule has 0 N–H and O–H groups in total. The van der Waals surface area contributed by atoms with Gasteiger partial charge in [-0.3, -0.25) is 14.5 Å². The second-order valence-electron chi connectivity index (χ2n) is 5.90. The van der Waals surface area contributed by atoms with E-state index in [0.29, 0.717) is 18.9 Å². The summed E-state index contributed by atoms with van der Waals surface area (Å²) in [6.45, 7) is 5.21. The molecule has 1 aromatic carbocycles. The molecule has 0 aliphatic carbocycles. The van der Waals surface area contributed by atoms with Crippen molar-refractivity contribution in [1.82, 2.24) is 9.80 Å². The van der Waals surface area contributed by atoms with Gasteiger partial charge in [0.25, 0.3) is 0 Å². The molecule has 0 aromatic heterocycles. The number of hydrogen-bond donors (Lipinski definition) is 0. The van der Waals surface area contributed by atoms with Gasteiger partial charge >= 0.3 is 0 Å². The molecular formula is C16H20N2O2. The molecule has 4 heteroatoms. The molecule has 2 fully saturated rings. The van der Waals surface area contributed by atoms with E-state index in [1.54, 1.807) is 6.92 Å². The normalized spacial score (nSPS) is 26.6. The summed E-state index contributed by atoms with van der Waals surface area (Å²) in [5.41, 5.74) is 1.28. The Morgan fingerprint density at radius 1 is 1.10 bits per heavy atom. The number of fused-ring (bicyclic) bond motifs is 2. The Balaban J connectivity index is 1.68. The average molecular weight is 272 g/mol. The number of piperidine rings is 2. The van der Waals surface area contributed by atoms with E-state index in [-0.39, 0.29) is 17.7 Å². The van der Waals surface area contributed by atoms with Gasteiger partial charge in [0, 0.05) is 51.5 Å². The van der Waals surface area contributed by atoms with Crippen molar-refractivity contribution >= 4 is 11.7 Å². The van der Waals surface area contributed by atoms with Crippen LogP contribution in [0.15, 0.2) is 30.3 Å². The van der Waals surface area contributed by atoms with Crippen molar-refractivity contribution in [2.75, 3.05) is 26.2 Å². The first kappa shape index (κ1) is 13.3. The van der Waals surface area contributed by atoms with Crippen LogP contribution in [-0.2, 0) is 16.1 Å². The van der Waals surface area contributed by atoms with E-state index < -0.39 is 0 Å². The fourth-order valence-electron chi connectivity index (χ4n) is 3.34. The van der Waals surface area contributed by atoms with E-state index in [1.165, 1.54) is 5.56 Å². The zero-order valence-corrected chi connectivity index (χ0v) is 11.8. The Hall–Kier alpha value is -1.68. The summed E-state index contributed by atoms with van der Waals surface area (Å²) >= 11 is 0. The first-order valence-electron chi connectivity index (χ1n) is 7.19. The zero-order valence-electron chi connectivity index (χ0n) is 11.8. The minimum Gasteiger partial charge on any atom is -0.341 e. The van der Waals surface area contributed by atoms with Crippen molar-refractivity contribution in [2.24, 2.45) is 11.8 Å².